The lowest BCUT2D eigenvalue weighted by atomic mass is 9.76. The summed E-state index contributed by atoms with van der Waals surface area (Å²) in [4.78, 5) is 4.90. The van der Waals surface area contributed by atoms with Gasteiger partial charge in [0.25, 0.3) is 0 Å². The molecule has 2 spiro atoms. The van der Waals surface area contributed by atoms with Crippen LogP contribution in [0.15, 0.2) is 0 Å². The van der Waals surface area contributed by atoms with Gasteiger partial charge in [0.05, 0.1) is 26.4 Å². The fourth-order valence-electron chi connectivity index (χ4n) is 7.77. The molecule has 4 aliphatic heterocycles. The highest BCUT2D eigenvalue weighted by Crippen LogP contribution is 2.48. The van der Waals surface area contributed by atoms with Crippen molar-refractivity contribution in [2.45, 2.75) is 159 Å². The highest BCUT2D eigenvalue weighted by Gasteiger charge is 2.56. The highest BCUT2D eigenvalue weighted by molar-refractivity contribution is 5.05. The molecule has 0 aliphatic carbocycles. The first kappa shape index (κ1) is 33.6. The number of rotatable bonds is 8. The van der Waals surface area contributed by atoms with Gasteiger partial charge in [-0.25, -0.2) is 0 Å². The van der Waals surface area contributed by atoms with Crippen molar-refractivity contribution in [3.8, 4) is 0 Å². The van der Waals surface area contributed by atoms with E-state index in [9.17, 15) is 0 Å². The first-order valence-electron chi connectivity index (χ1n) is 16.0. The lowest BCUT2D eigenvalue weighted by Gasteiger charge is -2.59. The van der Waals surface area contributed by atoms with Crippen LogP contribution in [0, 0.1) is 0 Å². The van der Waals surface area contributed by atoms with Gasteiger partial charge in [-0.3, -0.25) is 9.80 Å². The van der Waals surface area contributed by atoms with E-state index in [2.05, 4.69) is 93.1 Å². The van der Waals surface area contributed by atoms with Crippen LogP contribution in [0.1, 0.15) is 114 Å². The molecule has 8 heteroatoms. The third-order valence-electron chi connectivity index (χ3n) is 10.7. The van der Waals surface area contributed by atoms with Crippen LogP contribution in [0.5, 0.6) is 0 Å². The molecule has 0 aromatic rings. The Morgan fingerprint density at radius 3 is 1.00 bits per heavy atom. The van der Waals surface area contributed by atoms with Crippen molar-refractivity contribution < 1.29 is 28.4 Å². The molecule has 0 aromatic carbocycles. The minimum atomic E-state index is -0.526. The molecule has 41 heavy (non-hydrogen) atoms. The van der Waals surface area contributed by atoms with Gasteiger partial charge in [-0.05, 0) is 103 Å². The van der Waals surface area contributed by atoms with Crippen molar-refractivity contribution in [1.29, 1.82) is 0 Å². The van der Waals surface area contributed by atoms with Gasteiger partial charge in [-0.1, -0.05) is 0 Å². The van der Waals surface area contributed by atoms with E-state index in [-0.39, 0.29) is 22.2 Å². The summed E-state index contributed by atoms with van der Waals surface area (Å²) in [5.41, 5.74) is -0.782. The number of likely N-dealkylation sites (tertiary alicyclic amines) is 2. The van der Waals surface area contributed by atoms with E-state index in [1.54, 1.807) is 0 Å². The number of hydrogen-bond donors (Lipinski definition) is 0. The van der Waals surface area contributed by atoms with Crippen molar-refractivity contribution in [3.05, 3.63) is 0 Å². The van der Waals surface area contributed by atoms with E-state index in [1.165, 1.54) is 0 Å². The molecule has 4 saturated heterocycles. The zero-order valence-corrected chi connectivity index (χ0v) is 28.5. The number of unbranched alkanes of at least 4 members (excludes halogenated alkanes) is 2. The normalized spacial score (nSPS) is 31.3. The van der Waals surface area contributed by atoms with Gasteiger partial charge < -0.3 is 28.4 Å². The van der Waals surface area contributed by atoms with Crippen LogP contribution in [-0.2, 0) is 28.4 Å². The third kappa shape index (κ3) is 7.33. The number of piperidine rings is 2. The summed E-state index contributed by atoms with van der Waals surface area (Å²) in [5.74, 6) is -1.05. The predicted octanol–water partition coefficient (Wildman–Crippen LogP) is 5.76. The van der Waals surface area contributed by atoms with E-state index >= 15 is 0 Å². The van der Waals surface area contributed by atoms with Crippen molar-refractivity contribution in [2.75, 3.05) is 53.7 Å². The molecule has 4 heterocycles. The SMILES string of the molecule is CN1C(C)(C)CC2(CC1(C)C)OCC(C)(OCCCCCOC1(C)COC3(CC(C)(C)N(C)C(C)(C)C3)OC1)CO2. The molecule has 4 rings (SSSR count). The quantitative estimate of drug-likeness (QED) is 0.335. The summed E-state index contributed by atoms with van der Waals surface area (Å²) in [7, 11) is 4.41. The molecular weight excluding hydrogens is 520 g/mol. The number of ether oxygens (including phenoxy) is 6. The first-order valence-corrected chi connectivity index (χ1v) is 16.0. The number of nitrogens with zero attached hydrogens (tertiary/aromatic N) is 2. The summed E-state index contributed by atoms with van der Waals surface area (Å²) < 4.78 is 38.5. The molecule has 0 radical (unpaired) electrons. The van der Waals surface area contributed by atoms with Crippen LogP contribution in [0.25, 0.3) is 0 Å². The van der Waals surface area contributed by atoms with Crippen molar-refractivity contribution >= 4 is 0 Å². The Bertz CT molecular complexity index is 787. The summed E-state index contributed by atoms with van der Waals surface area (Å²) in [6.07, 6.45) is 6.46. The Labute approximate surface area is 251 Å². The predicted molar refractivity (Wildman–Crippen MR) is 162 cm³/mol. The minimum absolute atomic E-state index is 0.00746. The van der Waals surface area contributed by atoms with Gasteiger partial charge in [-0.15, -0.1) is 0 Å². The fraction of sp³-hybridized carbons (Fsp3) is 1.00. The highest BCUT2D eigenvalue weighted by atomic mass is 16.7. The summed E-state index contributed by atoms with van der Waals surface area (Å²) >= 11 is 0. The van der Waals surface area contributed by atoms with Gasteiger partial charge in [0.15, 0.2) is 11.6 Å². The van der Waals surface area contributed by atoms with Crippen molar-refractivity contribution in [2.24, 2.45) is 0 Å². The topological polar surface area (TPSA) is 61.9 Å². The summed E-state index contributed by atoms with van der Waals surface area (Å²) in [6, 6.07) is 0. The molecular formula is C33H62N2O6. The fourth-order valence-corrected chi connectivity index (χ4v) is 7.77. The first-order chi connectivity index (χ1) is 18.7. The summed E-state index contributed by atoms with van der Waals surface area (Å²) in [5, 5.41) is 0. The molecule has 8 nitrogen and oxygen atoms in total. The Balaban J connectivity index is 1.13. The van der Waals surface area contributed by atoms with Crippen molar-refractivity contribution in [3.63, 3.8) is 0 Å². The van der Waals surface area contributed by atoms with Gasteiger partial charge in [-0.2, -0.15) is 0 Å². The van der Waals surface area contributed by atoms with Gasteiger partial charge >= 0.3 is 0 Å². The van der Waals surface area contributed by atoms with E-state index in [1.807, 2.05) is 0 Å². The molecule has 4 fully saturated rings. The average molecular weight is 583 g/mol. The maximum atomic E-state index is 6.47. The van der Waals surface area contributed by atoms with Gasteiger partial charge in [0, 0.05) is 61.1 Å². The van der Waals surface area contributed by atoms with Crippen LogP contribution in [0.2, 0.25) is 0 Å². The van der Waals surface area contributed by atoms with E-state index in [0.717, 1.165) is 44.9 Å². The Morgan fingerprint density at radius 1 is 0.463 bits per heavy atom. The molecule has 0 saturated carbocycles. The molecule has 0 atom stereocenters. The standard InChI is InChI=1S/C33H62N2O6/c1-26(2)18-32(19-27(3,4)34(26)11)38-22-30(9,23-39-32)36-16-14-13-15-17-37-31(10)24-40-33(41-25-31)20-28(5,6)35(12)29(7,8)21-33/h13-25H2,1-12H3. The zero-order valence-electron chi connectivity index (χ0n) is 28.5. The Morgan fingerprint density at radius 2 is 0.732 bits per heavy atom. The zero-order chi connectivity index (χ0) is 30.6. The molecule has 0 amide bonds. The van der Waals surface area contributed by atoms with Crippen LogP contribution >= 0.6 is 0 Å². The second-order valence-corrected chi connectivity index (χ2v) is 16.7. The van der Waals surface area contributed by atoms with Crippen LogP contribution < -0.4 is 0 Å². The molecule has 0 bridgehead atoms. The molecule has 0 aromatic heterocycles. The summed E-state index contributed by atoms with van der Waals surface area (Å²) in [6.45, 7) is 26.1. The maximum Gasteiger partial charge on any atom is 0.172 e. The van der Waals surface area contributed by atoms with Gasteiger partial charge in [0.2, 0.25) is 0 Å². The molecule has 240 valence electrons. The Kier molecular flexibility index (Phi) is 9.20. The second kappa shape index (κ2) is 11.2. The van der Waals surface area contributed by atoms with Crippen LogP contribution in [-0.4, -0.2) is 108 Å². The lowest BCUT2D eigenvalue weighted by Crippen LogP contribution is -2.67. The average Bonchev–Trinajstić information content (AvgIpc) is 2.84. The number of hydrogen-bond acceptors (Lipinski definition) is 8. The molecule has 4 aliphatic rings. The monoisotopic (exact) mass is 582 g/mol. The minimum Gasteiger partial charge on any atom is -0.370 e. The van der Waals surface area contributed by atoms with Gasteiger partial charge in [0.1, 0.15) is 11.2 Å². The molecule has 0 unspecified atom stereocenters. The molecule has 0 N–H and O–H groups in total. The van der Waals surface area contributed by atoms with E-state index < -0.39 is 22.8 Å². The van der Waals surface area contributed by atoms with Crippen LogP contribution in [0.4, 0.5) is 0 Å². The van der Waals surface area contributed by atoms with Crippen LogP contribution in [0.3, 0.4) is 0 Å². The Hall–Kier alpha value is -0.320. The van der Waals surface area contributed by atoms with Crippen molar-refractivity contribution in [1.82, 2.24) is 9.80 Å². The smallest absolute Gasteiger partial charge is 0.172 e. The van der Waals surface area contributed by atoms with E-state index in [4.69, 9.17) is 28.4 Å². The lowest BCUT2D eigenvalue weighted by molar-refractivity contribution is -0.353. The largest absolute Gasteiger partial charge is 0.370 e. The maximum absolute atomic E-state index is 6.47. The second-order valence-electron chi connectivity index (χ2n) is 16.7. The van der Waals surface area contributed by atoms with E-state index in [0.29, 0.717) is 39.6 Å². The third-order valence-corrected chi connectivity index (χ3v) is 10.7.